The number of ether oxygens (including phenoxy) is 1. The zero-order valence-corrected chi connectivity index (χ0v) is 18.3. The van der Waals surface area contributed by atoms with Gasteiger partial charge in [-0.1, -0.05) is 47.0 Å². The van der Waals surface area contributed by atoms with E-state index in [1.165, 1.54) is 23.7 Å². The van der Waals surface area contributed by atoms with Crippen LogP contribution in [0.5, 0.6) is 5.75 Å². The van der Waals surface area contributed by atoms with Crippen molar-refractivity contribution in [2.24, 2.45) is 0 Å². The second-order valence-corrected chi connectivity index (χ2v) is 10.1. The summed E-state index contributed by atoms with van der Waals surface area (Å²) in [5.41, 5.74) is 1.22. The second-order valence-electron chi connectivity index (χ2n) is 6.69. The van der Waals surface area contributed by atoms with Gasteiger partial charge in [0, 0.05) is 17.8 Å². The van der Waals surface area contributed by atoms with Crippen molar-refractivity contribution < 1.29 is 9.53 Å². The standard InChI is InChI=1S/C19H25N3O2S3/c1-13-5-4-6-14(2)22(13)17(23)12-26-19-21-20-18(27-19)25-11-15-7-9-16(24-3)10-8-15/h7-10,13-14H,4-6,11-12H2,1-3H3/t13-,14+. The fraction of sp³-hybridized carbons (Fsp3) is 0.526. The minimum Gasteiger partial charge on any atom is -0.497 e. The lowest BCUT2D eigenvalue weighted by atomic mass is 9.98. The summed E-state index contributed by atoms with van der Waals surface area (Å²) >= 11 is 4.72. The van der Waals surface area contributed by atoms with Gasteiger partial charge in [-0.05, 0) is 50.8 Å². The van der Waals surface area contributed by atoms with E-state index < -0.39 is 0 Å². The first-order valence-electron chi connectivity index (χ1n) is 9.10. The van der Waals surface area contributed by atoms with Gasteiger partial charge in [-0.15, -0.1) is 10.2 Å². The lowest BCUT2D eigenvalue weighted by Crippen LogP contribution is -2.48. The van der Waals surface area contributed by atoms with Gasteiger partial charge in [0.2, 0.25) is 5.91 Å². The maximum absolute atomic E-state index is 12.6. The SMILES string of the molecule is COc1ccc(CSc2nnc(SCC(=O)N3[C@H](C)CCC[C@@H]3C)s2)cc1. The molecule has 0 radical (unpaired) electrons. The van der Waals surface area contributed by atoms with Crippen LogP contribution in [0.25, 0.3) is 0 Å². The van der Waals surface area contributed by atoms with Gasteiger partial charge >= 0.3 is 0 Å². The Hall–Kier alpha value is -1.25. The number of carbonyl (C=O) groups is 1. The van der Waals surface area contributed by atoms with E-state index in [1.54, 1.807) is 30.2 Å². The molecule has 27 heavy (non-hydrogen) atoms. The van der Waals surface area contributed by atoms with Gasteiger partial charge < -0.3 is 9.64 Å². The molecule has 0 N–H and O–H groups in total. The summed E-state index contributed by atoms with van der Waals surface area (Å²) < 4.78 is 6.97. The van der Waals surface area contributed by atoms with Crippen LogP contribution in [0.4, 0.5) is 0 Å². The molecule has 0 unspecified atom stereocenters. The molecule has 3 rings (SSSR count). The van der Waals surface area contributed by atoms with Crippen LogP contribution in [0.1, 0.15) is 38.7 Å². The maximum Gasteiger partial charge on any atom is 0.233 e. The van der Waals surface area contributed by atoms with E-state index in [2.05, 4.69) is 41.1 Å². The number of nitrogens with zero attached hydrogens (tertiary/aromatic N) is 3. The summed E-state index contributed by atoms with van der Waals surface area (Å²) in [5, 5.41) is 8.48. The van der Waals surface area contributed by atoms with Gasteiger partial charge in [0.05, 0.1) is 12.9 Å². The van der Waals surface area contributed by atoms with Crippen LogP contribution in [0.15, 0.2) is 32.9 Å². The smallest absolute Gasteiger partial charge is 0.233 e. The zero-order chi connectivity index (χ0) is 19.2. The normalized spacial score (nSPS) is 19.9. The maximum atomic E-state index is 12.6. The van der Waals surface area contributed by atoms with Gasteiger partial charge in [-0.2, -0.15) is 0 Å². The first kappa shape index (κ1) is 20.5. The number of benzene rings is 1. The molecule has 0 saturated carbocycles. The lowest BCUT2D eigenvalue weighted by molar-refractivity contribution is -0.134. The van der Waals surface area contributed by atoms with Gasteiger partial charge in [0.1, 0.15) is 5.75 Å². The second kappa shape index (κ2) is 9.80. The quantitative estimate of drug-likeness (QED) is 0.601. The Morgan fingerprint density at radius 1 is 1.15 bits per heavy atom. The van der Waals surface area contributed by atoms with Crippen molar-refractivity contribution >= 4 is 40.8 Å². The van der Waals surface area contributed by atoms with Crippen LogP contribution < -0.4 is 4.74 Å². The average Bonchev–Trinajstić information content (AvgIpc) is 3.13. The first-order valence-corrected chi connectivity index (χ1v) is 11.9. The fourth-order valence-corrected chi connectivity index (χ4v) is 6.14. The minimum absolute atomic E-state index is 0.210. The van der Waals surface area contributed by atoms with Crippen molar-refractivity contribution in [2.45, 2.75) is 59.6 Å². The molecule has 1 aromatic heterocycles. The van der Waals surface area contributed by atoms with Gasteiger partial charge in [-0.25, -0.2) is 0 Å². The summed E-state index contributed by atoms with van der Waals surface area (Å²) in [6.07, 6.45) is 3.42. The highest BCUT2D eigenvalue weighted by atomic mass is 32.2. The number of hydrogen-bond donors (Lipinski definition) is 0. The Morgan fingerprint density at radius 2 is 1.78 bits per heavy atom. The van der Waals surface area contributed by atoms with E-state index in [0.29, 0.717) is 17.8 Å². The predicted octanol–water partition coefficient (Wildman–Crippen LogP) is 4.72. The van der Waals surface area contributed by atoms with Crippen molar-refractivity contribution in [1.82, 2.24) is 15.1 Å². The Bertz CT molecular complexity index is 741. The van der Waals surface area contributed by atoms with E-state index in [9.17, 15) is 4.79 Å². The van der Waals surface area contributed by atoms with E-state index in [0.717, 1.165) is 33.0 Å². The highest BCUT2D eigenvalue weighted by Gasteiger charge is 2.28. The molecule has 0 aliphatic carbocycles. The number of rotatable bonds is 7. The summed E-state index contributed by atoms with van der Waals surface area (Å²) in [5.74, 6) is 2.35. The molecule has 2 aromatic rings. The Labute approximate surface area is 173 Å². The van der Waals surface area contributed by atoms with Gasteiger partial charge in [0.15, 0.2) is 8.68 Å². The van der Waals surface area contributed by atoms with Crippen LogP contribution in [-0.4, -0.2) is 46.0 Å². The molecule has 1 amide bonds. The van der Waals surface area contributed by atoms with E-state index in [1.807, 2.05) is 12.1 Å². The van der Waals surface area contributed by atoms with Crippen LogP contribution >= 0.6 is 34.9 Å². The van der Waals surface area contributed by atoms with E-state index in [-0.39, 0.29) is 5.91 Å². The number of likely N-dealkylation sites (tertiary alicyclic amines) is 1. The monoisotopic (exact) mass is 423 g/mol. The molecule has 1 fully saturated rings. The molecule has 2 heterocycles. The Balaban J connectivity index is 1.48. The molecule has 8 heteroatoms. The van der Waals surface area contributed by atoms with Crippen molar-refractivity contribution in [3.05, 3.63) is 29.8 Å². The topological polar surface area (TPSA) is 55.3 Å². The Morgan fingerprint density at radius 3 is 2.41 bits per heavy atom. The summed E-state index contributed by atoms with van der Waals surface area (Å²) in [6.45, 7) is 4.30. The van der Waals surface area contributed by atoms with Crippen molar-refractivity contribution in [2.75, 3.05) is 12.9 Å². The highest BCUT2D eigenvalue weighted by molar-refractivity contribution is 8.03. The zero-order valence-electron chi connectivity index (χ0n) is 15.9. The average molecular weight is 424 g/mol. The number of carbonyl (C=O) groups excluding carboxylic acids is 1. The number of methoxy groups -OCH3 is 1. The molecule has 2 atom stereocenters. The minimum atomic E-state index is 0.210. The molecule has 0 spiro atoms. The number of aromatic nitrogens is 2. The van der Waals surface area contributed by atoms with Crippen LogP contribution in [0.2, 0.25) is 0 Å². The fourth-order valence-electron chi connectivity index (χ4n) is 3.29. The predicted molar refractivity (Wildman–Crippen MR) is 113 cm³/mol. The van der Waals surface area contributed by atoms with Crippen molar-refractivity contribution in [3.8, 4) is 5.75 Å². The lowest BCUT2D eigenvalue weighted by Gasteiger charge is -2.39. The number of thioether (sulfide) groups is 2. The molecular weight excluding hydrogens is 398 g/mol. The first-order chi connectivity index (χ1) is 13.1. The largest absolute Gasteiger partial charge is 0.497 e. The van der Waals surface area contributed by atoms with E-state index >= 15 is 0 Å². The summed E-state index contributed by atoms with van der Waals surface area (Å²) in [7, 11) is 1.67. The highest BCUT2D eigenvalue weighted by Crippen LogP contribution is 2.32. The van der Waals surface area contributed by atoms with Crippen LogP contribution in [0, 0.1) is 0 Å². The van der Waals surface area contributed by atoms with Crippen molar-refractivity contribution in [1.29, 1.82) is 0 Å². The third-order valence-corrected chi connectivity index (χ3v) is 7.96. The van der Waals surface area contributed by atoms with Crippen LogP contribution in [0.3, 0.4) is 0 Å². The van der Waals surface area contributed by atoms with Crippen LogP contribution in [-0.2, 0) is 10.5 Å². The third-order valence-electron chi connectivity index (χ3n) is 4.71. The number of hydrogen-bond acceptors (Lipinski definition) is 7. The molecule has 5 nitrogen and oxygen atoms in total. The summed E-state index contributed by atoms with van der Waals surface area (Å²) in [4.78, 5) is 14.7. The molecule has 1 aromatic carbocycles. The molecule has 146 valence electrons. The van der Waals surface area contributed by atoms with Crippen molar-refractivity contribution in [3.63, 3.8) is 0 Å². The summed E-state index contributed by atoms with van der Waals surface area (Å²) in [6, 6.07) is 8.72. The molecule has 1 aliphatic heterocycles. The molecule has 1 aliphatic rings. The number of piperidine rings is 1. The van der Waals surface area contributed by atoms with Gasteiger partial charge in [-0.3, -0.25) is 4.79 Å². The van der Waals surface area contributed by atoms with Gasteiger partial charge in [0.25, 0.3) is 0 Å². The molecular formula is C19H25N3O2S3. The third kappa shape index (κ3) is 5.62. The number of amides is 1. The molecule has 1 saturated heterocycles. The Kier molecular flexibility index (Phi) is 7.43. The molecule has 0 bridgehead atoms. The van der Waals surface area contributed by atoms with E-state index in [4.69, 9.17) is 4.74 Å².